The van der Waals surface area contributed by atoms with Gasteiger partial charge in [0.05, 0.1) is 13.2 Å². The van der Waals surface area contributed by atoms with Crippen molar-refractivity contribution in [2.75, 3.05) is 26.9 Å². The van der Waals surface area contributed by atoms with E-state index >= 15 is 0 Å². The number of hydrogen-bond acceptors (Lipinski definition) is 2. The molecule has 4 radical (unpaired) electrons. The van der Waals surface area contributed by atoms with Crippen molar-refractivity contribution in [2.45, 2.75) is 12.8 Å². The van der Waals surface area contributed by atoms with E-state index in [9.17, 15) is 0 Å². The van der Waals surface area contributed by atoms with Crippen LogP contribution in [-0.2, 0) is 9.47 Å². The Bertz CT molecular complexity index is 136. The van der Waals surface area contributed by atoms with Gasteiger partial charge < -0.3 is 9.47 Å². The summed E-state index contributed by atoms with van der Waals surface area (Å²) in [7, 11) is 1.67. The van der Waals surface area contributed by atoms with Gasteiger partial charge in [0.25, 0.3) is 0 Å². The Kier molecular flexibility index (Phi) is 4.74. The molecule has 0 aromatic carbocycles. The van der Waals surface area contributed by atoms with Crippen LogP contribution in [0, 0.1) is 31.6 Å². The highest BCUT2D eigenvalue weighted by atomic mass is 16.5. The second kappa shape index (κ2) is 5.61. The summed E-state index contributed by atoms with van der Waals surface area (Å²) in [5, 5.41) is 0. The molecule has 1 fully saturated rings. The quantitative estimate of drug-likeness (QED) is 0.603. The molecule has 3 atom stereocenters. The summed E-state index contributed by atoms with van der Waals surface area (Å²) in [6.07, 6.45) is 1.92. The maximum atomic E-state index is 5.89. The lowest BCUT2D eigenvalue weighted by atomic mass is 9.99. The van der Waals surface area contributed by atoms with Gasteiger partial charge in [-0.05, 0) is 44.4 Å². The van der Waals surface area contributed by atoms with Crippen LogP contribution in [0.3, 0.4) is 0 Å². The average molecular weight is 182 g/mol. The normalized spacial score (nSPS) is 33.9. The molecule has 1 aliphatic carbocycles. The van der Waals surface area contributed by atoms with Crippen molar-refractivity contribution in [2.24, 2.45) is 17.8 Å². The highest BCUT2D eigenvalue weighted by Crippen LogP contribution is 2.35. The van der Waals surface area contributed by atoms with Gasteiger partial charge in [-0.1, -0.05) is 0 Å². The van der Waals surface area contributed by atoms with Gasteiger partial charge in [-0.25, -0.2) is 0 Å². The van der Waals surface area contributed by atoms with Gasteiger partial charge in [-0.2, -0.15) is 0 Å². The van der Waals surface area contributed by atoms with Crippen LogP contribution in [0.2, 0.25) is 0 Å². The maximum Gasteiger partial charge on any atom is 0.0700 e. The summed E-state index contributed by atoms with van der Waals surface area (Å²) in [6.45, 7) is 13.7. The van der Waals surface area contributed by atoms with Gasteiger partial charge in [0.1, 0.15) is 0 Å². The van der Waals surface area contributed by atoms with Gasteiger partial charge in [-0.15, -0.1) is 0 Å². The number of ether oxygens (including phenoxy) is 2. The fourth-order valence-electron chi connectivity index (χ4n) is 1.77. The van der Waals surface area contributed by atoms with Crippen LogP contribution in [0.4, 0.5) is 0 Å². The minimum absolute atomic E-state index is 0.220. The molecule has 74 valence electrons. The average Bonchev–Trinajstić information content (AvgIpc) is 2.39. The van der Waals surface area contributed by atoms with Crippen LogP contribution in [0.5, 0.6) is 0 Å². The van der Waals surface area contributed by atoms with Crippen LogP contribution in [0.1, 0.15) is 12.8 Å². The highest BCUT2D eigenvalue weighted by Gasteiger charge is 2.28. The molecule has 2 heteroatoms. The van der Waals surface area contributed by atoms with Crippen molar-refractivity contribution in [1.82, 2.24) is 0 Å². The summed E-state index contributed by atoms with van der Waals surface area (Å²) in [5.74, 6) is 0.926. The topological polar surface area (TPSA) is 18.5 Å². The number of rotatable bonds is 5. The Morgan fingerprint density at radius 1 is 1.23 bits per heavy atom. The minimum atomic E-state index is 0.220. The molecule has 13 heavy (non-hydrogen) atoms. The van der Waals surface area contributed by atoms with Gasteiger partial charge in [-0.3, -0.25) is 0 Å². The van der Waals surface area contributed by atoms with E-state index in [-0.39, 0.29) is 11.8 Å². The molecule has 0 bridgehead atoms. The molecule has 2 nitrogen and oxygen atoms in total. The summed E-state index contributed by atoms with van der Waals surface area (Å²) in [6, 6.07) is 0. The van der Waals surface area contributed by atoms with E-state index < -0.39 is 0 Å². The lowest BCUT2D eigenvalue weighted by Gasteiger charge is -2.14. The number of hydrogen-bond donors (Lipinski definition) is 0. The molecular formula is C11H18O2. The van der Waals surface area contributed by atoms with Crippen LogP contribution in [-0.4, -0.2) is 26.9 Å². The SMILES string of the molecule is [CH]C1CC([CH])C(COCCOC)C1. The molecule has 3 unspecified atom stereocenters. The van der Waals surface area contributed by atoms with E-state index in [1.54, 1.807) is 7.11 Å². The van der Waals surface area contributed by atoms with E-state index in [1.807, 2.05) is 0 Å². The predicted molar refractivity (Wildman–Crippen MR) is 51.0 cm³/mol. The second-order valence-electron chi connectivity index (χ2n) is 3.72. The molecule has 0 aromatic rings. The Labute approximate surface area is 81.6 Å². The largest absolute Gasteiger partial charge is 0.382 e. The maximum absolute atomic E-state index is 5.89. The van der Waals surface area contributed by atoms with Gasteiger partial charge >= 0.3 is 0 Å². The second-order valence-corrected chi connectivity index (χ2v) is 3.72. The minimum Gasteiger partial charge on any atom is -0.382 e. The fraction of sp³-hybridized carbons (Fsp3) is 0.818. The third kappa shape index (κ3) is 3.65. The summed E-state index contributed by atoms with van der Waals surface area (Å²) in [5.41, 5.74) is 0. The molecule has 0 N–H and O–H groups in total. The van der Waals surface area contributed by atoms with Crippen LogP contribution < -0.4 is 0 Å². The first-order valence-electron chi connectivity index (χ1n) is 4.82. The fourth-order valence-corrected chi connectivity index (χ4v) is 1.77. The molecule has 0 aromatic heterocycles. The van der Waals surface area contributed by atoms with Crippen molar-refractivity contribution in [3.8, 4) is 0 Å². The van der Waals surface area contributed by atoms with E-state index in [2.05, 4.69) is 0 Å². The molecular weight excluding hydrogens is 164 g/mol. The molecule has 0 aliphatic heterocycles. The summed E-state index contributed by atoms with van der Waals surface area (Å²) < 4.78 is 10.3. The third-order valence-corrected chi connectivity index (χ3v) is 2.55. The molecule has 1 saturated carbocycles. The van der Waals surface area contributed by atoms with Gasteiger partial charge in [0, 0.05) is 13.7 Å². The first-order chi connectivity index (χ1) is 6.24. The van der Waals surface area contributed by atoms with E-state index in [0.717, 1.165) is 19.4 Å². The van der Waals surface area contributed by atoms with Crippen molar-refractivity contribution in [3.05, 3.63) is 13.8 Å². The molecule has 0 saturated heterocycles. The van der Waals surface area contributed by atoms with Crippen molar-refractivity contribution in [1.29, 1.82) is 0 Å². The highest BCUT2D eigenvalue weighted by molar-refractivity contribution is 4.85. The Hall–Kier alpha value is -0.0800. The Balaban J connectivity index is 2.07. The van der Waals surface area contributed by atoms with E-state index in [0.29, 0.717) is 19.1 Å². The first kappa shape index (κ1) is 11.0. The molecule has 0 amide bonds. The van der Waals surface area contributed by atoms with E-state index in [4.69, 9.17) is 23.3 Å². The lowest BCUT2D eigenvalue weighted by molar-refractivity contribution is 0.0469. The van der Waals surface area contributed by atoms with Crippen LogP contribution >= 0.6 is 0 Å². The zero-order valence-electron chi connectivity index (χ0n) is 8.24. The molecule has 1 aliphatic rings. The molecule has 0 spiro atoms. The van der Waals surface area contributed by atoms with Gasteiger partial charge in [0.2, 0.25) is 0 Å². The predicted octanol–water partition coefficient (Wildman–Crippen LogP) is 1.71. The van der Waals surface area contributed by atoms with Crippen LogP contribution in [0.15, 0.2) is 0 Å². The summed E-state index contributed by atoms with van der Waals surface area (Å²) in [4.78, 5) is 0. The zero-order valence-corrected chi connectivity index (χ0v) is 8.24. The molecule has 0 heterocycles. The Morgan fingerprint density at radius 3 is 2.54 bits per heavy atom. The van der Waals surface area contributed by atoms with Gasteiger partial charge in [0.15, 0.2) is 0 Å². The smallest absolute Gasteiger partial charge is 0.0700 e. The van der Waals surface area contributed by atoms with Crippen molar-refractivity contribution < 1.29 is 9.47 Å². The van der Waals surface area contributed by atoms with E-state index in [1.165, 1.54) is 0 Å². The lowest BCUT2D eigenvalue weighted by Crippen LogP contribution is -2.14. The standard InChI is InChI=1S/C11H18O2/c1-9-6-10(2)11(7-9)8-13-5-4-12-3/h1-2,9-11H,4-8H2,3H3. The van der Waals surface area contributed by atoms with Crippen molar-refractivity contribution in [3.63, 3.8) is 0 Å². The monoisotopic (exact) mass is 182 g/mol. The van der Waals surface area contributed by atoms with Crippen LogP contribution in [0.25, 0.3) is 0 Å². The Morgan fingerprint density at radius 2 is 2.00 bits per heavy atom. The zero-order chi connectivity index (χ0) is 9.68. The van der Waals surface area contributed by atoms with Crippen molar-refractivity contribution >= 4 is 0 Å². The molecule has 1 rings (SSSR count). The first-order valence-corrected chi connectivity index (χ1v) is 4.82. The third-order valence-electron chi connectivity index (χ3n) is 2.55. The number of methoxy groups -OCH3 is 1. The summed E-state index contributed by atoms with van der Waals surface area (Å²) >= 11 is 0.